The van der Waals surface area contributed by atoms with Crippen molar-refractivity contribution in [3.8, 4) is 0 Å². The van der Waals surface area contributed by atoms with Gasteiger partial charge in [-0.1, -0.05) is 12.8 Å². The molecule has 1 N–H and O–H groups in total. The van der Waals surface area contributed by atoms with E-state index in [0.29, 0.717) is 30.7 Å². The van der Waals surface area contributed by atoms with Crippen LogP contribution >= 0.6 is 0 Å². The van der Waals surface area contributed by atoms with Crippen molar-refractivity contribution in [2.45, 2.75) is 64.9 Å². The van der Waals surface area contributed by atoms with Gasteiger partial charge in [0.2, 0.25) is 5.91 Å². The summed E-state index contributed by atoms with van der Waals surface area (Å²) in [6.07, 6.45) is 6.29. The number of hydrogen-bond donors (Lipinski definition) is 1. The van der Waals surface area contributed by atoms with Gasteiger partial charge < -0.3 is 18.8 Å². The van der Waals surface area contributed by atoms with E-state index in [-0.39, 0.29) is 18.2 Å². The first-order valence-electron chi connectivity index (χ1n) is 11.2. The topological polar surface area (TPSA) is 83.9 Å². The lowest BCUT2D eigenvalue weighted by Gasteiger charge is -2.47. The maximum absolute atomic E-state index is 13.1. The van der Waals surface area contributed by atoms with E-state index in [1.165, 1.54) is 0 Å². The lowest BCUT2D eigenvalue weighted by atomic mass is 9.71. The molecule has 1 aliphatic heterocycles. The van der Waals surface area contributed by atoms with Gasteiger partial charge in [0.15, 0.2) is 0 Å². The highest BCUT2D eigenvalue weighted by atomic mass is 16.4. The first-order chi connectivity index (χ1) is 14.8. The standard InChI is InChI=1S/C25H29NO5/c1-14-13-30-22-16(3)23-19(10-18(14)22)15(2)20(24(28)31-23)11-21(27)26-9-8-25(29)7-5-4-6-17(25)12-26/h10,13,17,29H,4-9,11-12H2,1-3H3/t17-,25+/m1/s1. The largest absolute Gasteiger partial charge is 0.464 e. The van der Waals surface area contributed by atoms with Crippen LogP contribution in [-0.4, -0.2) is 34.6 Å². The molecule has 1 aromatic carbocycles. The Bertz CT molecular complexity index is 1250. The number of piperidine rings is 1. The zero-order chi connectivity index (χ0) is 21.9. The number of carbonyl (C=O) groups excluding carboxylic acids is 1. The minimum atomic E-state index is -0.627. The molecule has 0 bridgehead atoms. The summed E-state index contributed by atoms with van der Waals surface area (Å²) < 4.78 is 11.3. The summed E-state index contributed by atoms with van der Waals surface area (Å²) in [6, 6.07) is 1.99. The summed E-state index contributed by atoms with van der Waals surface area (Å²) in [5, 5.41) is 12.7. The molecule has 5 rings (SSSR count). The van der Waals surface area contributed by atoms with Crippen molar-refractivity contribution in [1.29, 1.82) is 0 Å². The fourth-order valence-corrected chi connectivity index (χ4v) is 5.58. The van der Waals surface area contributed by atoms with Crippen molar-refractivity contribution in [2.75, 3.05) is 13.1 Å². The minimum absolute atomic E-state index is 0.0245. The number of hydrogen-bond acceptors (Lipinski definition) is 5. The molecule has 0 spiro atoms. The van der Waals surface area contributed by atoms with Crippen molar-refractivity contribution >= 4 is 27.8 Å². The van der Waals surface area contributed by atoms with Crippen molar-refractivity contribution in [3.05, 3.63) is 45.0 Å². The maximum Gasteiger partial charge on any atom is 0.340 e. The summed E-state index contributed by atoms with van der Waals surface area (Å²) in [5.41, 5.74) is 3.19. The molecule has 1 saturated carbocycles. The number of fused-ring (bicyclic) bond motifs is 3. The second-order valence-corrected chi connectivity index (χ2v) is 9.48. The molecule has 164 valence electrons. The van der Waals surface area contributed by atoms with Crippen molar-refractivity contribution in [3.63, 3.8) is 0 Å². The summed E-state index contributed by atoms with van der Waals surface area (Å²) in [6.45, 7) is 6.87. The van der Waals surface area contributed by atoms with Gasteiger partial charge in [-0.15, -0.1) is 0 Å². The predicted molar refractivity (Wildman–Crippen MR) is 118 cm³/mol. The summed E-state index contributed by atoms with van der Waals surface area (Å²) in [5.74, 6) is 0.0627. The number of benzene rings is 1. The summed E-state index contributed by atoms with van der Waals surface area (Å²) >= 11 is 0. The normalized spacial score (nSPS) is 24.0. The molecule has 0 unspecified atom stereocenters. The van der Waals surface area contributed by atoms with E-state index in [2.05, 4.69) is 0 Å². The number of carbonyl (C=O) groups is 1. The lowest BCUT2D eigenvalue weighted by molar-refractivity contribution is -0.142. The number of likely N-dealkylation sites (tertiary alicyclic amines) is 1. The van der Waals surface area contributed by atoms with Crippen LogP contribution in [0.2, 0.25) is 0 Å². The molecule has 2 aliphatic rings. The number of rotatable bonds is 2. The van der Waals surface area contributed by atoms with Gasteiger partial charge in [-0.25, -0.2) is 4.79 Å². The quantitative estimate of drug-likeness (QED) is 0.626. The summed E-state index contributed by atoms with van der Waals surface area (Å²) in [4.78, 5) is 27.8. The SMILES string of the molecule is Cc1coc2c(C)c3oc(=O)c(CC(=O)N4CC[C@@]5(O)CCCC[C@@H]5C4)c(C)c3cc12. The van der Waals surface area contributed by atoms with E-state index in [1.807, 2.05) is 31.7 Å². The highest BCUT2D eigenvalue weighted by Crippen LogP contribution is 2.40. The Kier molecular flexibility index (Phi) is 4.74. The molecule has 2 fully saturated rings. The molecule has 3 heterocycles. The highest BCUT2D eigenvalue weighted by molar-refractivity contribution is 6.00. The van der Waals surface area contributed by atoms with Crippen LogP contribution in [0.3, 0.4) is 0 Å². The third-order valence-electron chi connectivity index (χ3n) is 7.64. The molecular formula is C25H29NO5. The molecule has 1 saturated heterocycles. The van der Waals surface area contributed by atoms with E-state index in [1.54, 1.807) is 6.26 Å². The number of aliphatic hydroxyl groups is 1. The Hall–Kier alpha value is -2.60. The summed E-state index contributed by atoms with van der Waals surface area (Å²) in [7, 11) is 0. The van der Waals surface area contributed by atoms with Crippen LogP contribution in [0.1, 0.15) is 54.4 Å². The Morgan fingerprint density at radius 3 is 2.77 bits per heavy atom. The van der Waals surface area contributed by atoms with Gasteiger partial charge >= 0.3 is 5.63 Å². The fourth-order valence-electron chi connectivity index (χ4n) is 5.58. The Morgan fingerprint density at radius 2 is 1.97 bits per heavy atom. The average molecular weight is 424 g/mol. The molecule has 1 aliphatic carbocycles. The van der Waals surface area contributed by atoms with E-state index in [9.17, 15) is 14.7 Å². The molecule has 1 amide bonds. The molecule has 31 heavy (non-hydrogen) atoms. The van der Waals surface area contributed by atoms with E-state index < -0.39 is 11.2 Å². The third-order valence-corrected chi connectivity index (χ3v) is 7.64. The molecule has 6 nitrogen and oxygen atoms in total. The second kappa shape index (κ2) is 7.23. The van der Waals surface area contributed by atoms with E-state index in [0.717, 1.165) is 58.7 Å². The monoisotopic (exact) mass is 423 g/mol. The van der Waals surface area contributed by atoms with E-state index >= 15 is 0 Å². The van der Waals surface area contributed by atoms with Gasteiger partial charge in [-0.2, -0.15) is 0 Å². The lowest BCUT2D eigenvalue weighted by Crippen LogP contribution is -2.55. The minimum Gasteiger partial charge on any atom is -0.464 e. The molecule has 0 radical (unpaired) electrons. The number of aryl methyl sites for hydroxylation is 3. The molecular weight excluding hydrogens is 394 g/mol. The number of nitrogens with zero attached hydrogens (tertiary/aromatic N) is 1. The van der Waals surface area contributed by atoms with Gasteiger partial charge in [0, 0.05) is 35.3 Å². The Balaban J connectivity index is 1.47. The predicted octanol–water partition coefficient (Wildman–Crippen LogP) is 4.16. The zero-order valence-electron chi connectivity index (χ0n) is 18.4. The molecule has 6 heteroatoms. The first kappa shape index (κ1) is 20.3. The third kappa shape index (κ3) is 3.19. The molecule has 2 atom stereocenters. The van der Waals surface area contributed by atoms with Crippen molar-refractivity contribution in [2.24, 2.45) is 5.92 Å². The van der Waals surface area contributed by atoms with Crippen LogP contribution in [0, 0.1) is 26.7 Å². The first-order valence-corrected chi connectivity index (χ1v) is 11.2. The smallest absolute Gasteiger partial charge is 0.340 e. The van der Waals surface area contributed by atoms with Gasteiger partial charge in [0.25, 0.3) is 0 Å². The van der Waals surface area contributed by atoms with E-state index in [4.69, 9.17) is 8.83 Å². The average Bonchev–Trinajstić information content (AvgIpc) is 3.12. The van der Waals surface area contributed by atoms with Crippen LogP contribution in [0.4, 0.5) is 0 Å². The van der Waals surface area contributed by atoms with Gasteiger partial charge in [0.05, 0.1) is 23.8 Å². The molecule has 2 aromatic heterocycles. The van der Waals surface area contributed by atoms with Crippen LogP contribution in [0.5, 0.6) is 0 Å². The highest BCUT2D eigenvalue weighted by Gasteiger charge is 2.43. The number of furan rings is 1. The van der Waals surface area contributed by atoms with Crippen molar-refractivity contribution in [1.82, 2.24) is 4.90 Å². The van der Waals surface area contributed by atoms with Crippen LogP contribution in [0.25, 0.3) is 21.9 Å². The second-order valence-electron chi connectivity index (χ2n) is 9.48. The zero-order valence-corrected chi connectivity index (χ0v) is 18.4. The van der Waals surface area contributed by atoms with Crippen LogP contribution in [0.15, 0.2) is 26.0 Å². The Labute approximate surface area is 180 Å². The number of amides is 1. The van der Waals surface area contributed by atoms with Gasteiger partial charge in [0.1, 0.15) is 11.2 Å². The molecule has 3 aromatic rings. The Morgan fingerprint density at radius 1 is 1.16 bits per heavy atom. The van der Waals surface area contributed by atoms with Crippen LogP contribution in [-0.2, 0) is 11.2 Å². The van der Waals surface area contributed by atoms with Gasteiger partial charge in [-0.05, 0) is 57.2 Å². The van der Waals surface area contributed by atoms with Crippen molar-refractivity contribution < 1.29 is 18.7 Å². The fraction of sp³-hybridized carbons (Fsp3) is 0.520. The van der Waals surface area contributed by atoms with Gasteiger partial charge in [-0.3, -0.25) is 4.79 Å². The van der Waals surface area contributed by atoms with Crippen LogP contribution < -0.4 is 5.63 Å². The maximum atomic E-state index is 13.1.